The van der Waals surface area contributed by atoms with Gasteiger partial charge in [0.1, 0.15) is 6.04 Å². The topological polar surface area (TPSA) is 121 Å². The van der Waals surface area contributed by atoms with E-state index < -0.39 is 17.9 Å². The third-order valence-electron chi connectivity index (χ3n) is 7.73. The summed E-state index contributed by atoms with van der Waals surface area (Å²) in [5.74, 6) is 0.541. The molecule has 47 heavy (non-hydrogen) atoms. The molecule has 4 rings (SSSR count). The molecule has 0 bridgehead atoms. The van der Waals surface area contributed by atoms with Gasteiger partial charge in [-0.25, -0.2) is 9.97 Å². The van der Waals surface area contributed by atoms with E-state index in [1.807, 2.05) is 60.6 Å². The van der Waals surface area contributed by atoms with E-state index in [1.165, 1.54) is 11.3 Å². The number of hydrogen-bond acceptors (Lipinski definition) is 6. The van der Waals surface area contributed by atoms with Crippen LogP contribution in [-0.4, -0.2) is 51.2 Å². The first-order valence-corrected chi connectivity index (χ1v) is 16.9. The minimum atomic E-state index is -1.01. The third kappa shape index (κ3) is 10.8. The molecule has 0 saturated carbocycles. The summed E-state index contributed by atoms with van der Waals surface area (Å²) in [6.07, 6.45) is 4.83. The lowest BCUT2D eigenvalue weighted by Gasteiger charge is -2.20. The lowest BCUT2D eigenvalue weighted by Crippen LogP contribution is -2.48. The van der Waals surface area contributed by atoms with Crippen LogP contribution in [0.25, 0.3) is 22.5 Å². The first-order chi connectivity index (χ1) is 22.4. The molecule has 0 fully saturated rings. The Bertz CT molecular complexity index is 1630. The number of hydrogen-bond donors (Lipinski definition) is 3. The largest absolute Gasteiger partial charge is 0.481 e. The zero-order valence-corrected chi connectivity index (χ0v) is 28.6. The van der Waals surface area contributed by atoms with E-state index in [4.69, 9.17) is 5.11 Å². The number of rotatable bonds is 14. The fraction of sp³-hybridized carbons (Fsp3) is 0.342. The molecule has 0 saturated heterocycles. The minimum absolute atomic E-state index is 0.0332. The van der Waals surface area contributed by atoms with Gasteiger partial charge in [0, 0.05) is 46.9 Å². The minimum Gasteiger partial charge on any atom is -0.481 e. The molecule has 0 aliphatic heterocycles. The molecule has 0 aliphatic carbocycles. The summed E-state index contributed by atoms with van der Waals surface area (Å²) in [5.41, 5.74) is 5.11. The summed E-state index contributed by atoms with van der Waals surface area (Å²) in [5, 5.41) is 14.5. The normalized spacial score (nSPS) is 12.0. The lowest BCUT2D eigenvalue weighted by molar-refractivity contribution is -0.137. The number of benzene rings is 3. The van der Waals surface area contributed by atoms with Crippen molar-refractivity contribution in [3.8, 4) is 22.5 Å². The average molecular weight is 653 g/mol. The van der Waals surface area contributed by atoms with Gasteiger partial charge in [0.2, 0.25) is 5.91 Å². The highest BCUT2D eigenvalue weighted by atomic mass is 32.2. The van der Waals surface area contributed by atoms with Gasteiger partial charge in [-0.3, -0.25) is 14.4 Å². The van der Waals surface area contributed by atoms with Gasteiger partial charge in [-0.1, -0.05) is 83.1 Å². The average Bonchev–Trinajstić information content (AvgIpc) is 3.04. The van der Waals surface area contributed by atoms with Crippen molar-refractivity contribution in [2.75, 3.05) is 12.3 Å². The Balaban J connectivity index is 1.42. The molecule has 3 aromatic carbocycles. The van der Waals surface area contributed by atoms with Crippen LogP contribution in [0.3, 0.4) is 0 Å². The van der Waals surface area contributed by atoms with Crippen LogP contribution in [0.4, 0.5) is 0 Å². The number of amides is 2. The number of aromatic nitrogens is 2. The highest BCUT2D eigenvalue weighted by Crippen LogP contribution is 2.26. The number of carbonyl (C=O) groups is 3. The smallest absolute Gasteiger partial charge is 0.305 e. The molecule has 2 amide bonds. The second-order valence-electron chi connectivity index (χ2n) is 13.0. The van der Waals surface area contributed by atoms with Crippen LogP contribution in [0, 0.1) is 5.92 Å². The van der Waals surface area contributed by atoms with Gasteiger partial charge in [-0.2, -0.15) is 0 Å². The number of carboxylic acid groups (broad SMARTS) is 1. The van der Waals surface area contributed by atoms with E-state index in [0.29, 0.717) is 17.3 Å². The number of aliphatic carboxylic acids is 1. The lowest BCUT2D eigenvalue weighted by atomic mass is 9.86. The Morgan fingerprint density at radius 2 is 1.45 bits per heavy atom. The summed E-state index contributed by atoms with van der Waals surface area (Å²) >= 11 is 1.87. The van der Waals surface area contributed by atoms with E-state index >= 15 is 0 Å². The summed E-state index contributed by atoms with van der Waals surface area (Å²) < 4.78 is 0. The van der Waals surface area contributed by atoms with Crippen LogP contribution < -0.4 is 10.6 Å². The van der Waals surface area contributed by atoms with Crippen molar-refractivity contribution in [1.29, 1.82) is 0 Å². The fourth-order valence-electron chi connectivity index (χ4n) is 4.80. The SMILES string of the molecule is CC(C)CCSc1ccc(-c2cnc(-c3ccc(C[C@H](NC(=O)c4ccc(C(C)(C)C)cc4)C(=O)NCCC(=O)O)cc3)nc2)cc1. The van der Waals surface area contributed by atoms with Crippen molar-refractivity contribution in [3.05, 3.63) is 102 Å². The van der Waals surface area contributed by atoms with Crippen molar-refractivity contribution < 1.29 is 19.5 Å². The second kappa shape index (κ2) is 16.4. The van der Waals surface area contributed by atoms with Crippen LogP contribution in [-0.2, 0) is 21.4 Å². The van der Waals surface area contributed by atoms with Crippen molar-refractivity contribution in [3.63, 3.8) is 0 Å². The first kappa shape index (κ1) is 35.4. The molecule has 4 aromatic rings. The van der Waals surface area contributed by atoms with Gasteiger partial charge in [0.25, 0.3) is 5.91 Å². The Hall–Kier alpha value is -4.50. The van der Waals surface area contributed by atoms with Gasteiger partial charge in [-0.15, -0.1) is 11.8 Å². The van der Waals surface area contributed by atoms with E-state index in [2.05, 4.69) is 79.5 Å². The van der Waals surface area contributed by atoms with Gasteiger partial charge in [0.15, 0.2) is 5.82 Å². The van der Waals surface area contributed by atoms with Gasteiger partial charge < -0.3 is 15.7 Å². The molecule has 246 valence electrons. The summed E-state index contributed by atoms with van der Waals surface area (Å²) in [6, 6.07) is 22.4. The molecule has 1 heterocycles. The van der Waals surface area contributed by atoms with E-state index in [-0.39, 0.29) is 30.7 Å². The predicted octanol–water partition coefficient (Wildman–Crippen LogP) is 7.18. The number of carbonyl (C=O) groups excluding carboxylic acids is 2. The zero-order valence-electron chi connectivity index (χ0n) is 27.7. The number of carboxylic acids is 1. The molecule has 8 nitrogen and oxygen atoms in total. The van der Waals surface area contributed by atoms with E-state index in [0.717, 1.165) is 33.6 Å². The third-order valence-corrected chi connectivity index (χ3v) is 8.77. The molecule has 0 spiro atoms. The predicted molar refractivity (Wildman–Crippen MR) is 188 cm³/mol. The maximum absolute atomic E-state index is 13.1. The van der Waals surface area contributed by atoms with Crippen LogP contribution in [0.2, 0.25) is 0 Å². The van der Waals surface area contributed by atoms with Gasteiger partial charge >= 0.3 is 5.97 Å². The molecule has 0 unspecified atom stereocenters. The molecule has 9 heteroatoms. The number of nitrogens with zero attached hydrogens (tertiary/aromatic N) is 2. The maximum atomic E-state index is 13.1. The first-order valence-electron chi connectivity index (χ1n) is 15.9. The summed E-state index contributed by atoms with van der Waals surface area (Å²) in [6.45, 7) is 10.7. The van der Waals surface area contributed by atoms with E-state index in [9.17, 15) is 14.4 Å². The van der Waals surface area contributed by atoms with Gasteiger partial charge in [0.05, 0.1) is 6.42 Å². The van der Waals surface area contributed by atoms with E-state index in [1.54, 1.807) is 12.1 Å². The fourth-order valence-corrected chi connectivity index (χ4v) is 5.95. The Kier molecular flexibility index (Phi) is 12.3. The van der Waals surface area contributed by atoms with Crippen LogP contribution in [0.15, 0.2) is 90.1 Å². The highest BCUT2D eigenvalue weighted by Gasteiger charge is 2.23. The molecule has 0 aliphatic rings. The van der Waals surface area contributed by atoms with Crippen LogP contribution in [0.1, 0.15) is 68.9 Å². The molecular weight excluding hydrogens is 609 g/mol. The summed E-state index contributed by atoms with van der Waals surface area (Å²) in [4.78, 5) is 47.6. The molecule has 1 aromatic heterocycles. The summed E-state index contributed by atoms with van der Waals surface area (Å²) in [7, 11) is 0. The highest BCUT2D eigenvalue weighted by molar-refractivity contribution is 7.99. The van der Waals surface area contributed by atoms with Crippen molar-refractivity contribution in [1.82, 2.24) is 20.6 Å². The molecule has 0 radical (unpaired) electrons. The molecule has 3 N–H and O–H groups in total. The Labute approximate surface area is 281 Å². The number of thioether (sulfide) groups is 1. The monoisotopic (exact) mass is 652 g/mol. The zero-order chi connectivity index (χ0) is 34.0. The van der Waals surface area contributed by atoms with Crippen molar-refractivity contribution >= 4 is 29.5 Å². The van der Waals surface area contributed by atoms with Crippen LogP contribution in [0.5, 0.6) is 0 Å². The van der Waals surface area contributed by atoms with Crippen LogP contribution >= 0.6 is 11.8 Å². The molecule has 1 atom stereocenters. The maximum Gasteiger partial charge on any atom is 0.305 e. The Morgan fingerprint density at radius 1 is 0.830 bits per heavy atom. The standard InChI is InChI=1S/C38H44N4O4S/c1-25(2)19-21-47-32-16-12-27(13-17-32)30-23-40-35(41-24-30)28-8-6-26(7-9-28)22-33(37(46)39-20-18-34(43)44)42-36(45)29-10-14-31(15-11-29)38(3,4)5/h6-17,23-25,33H,18-22H2,1-5H3,(H,39,46)(H,42,45)(H,43,44)/t33-/m0/s1. The quantitative estimate of drug-likeness (QED) is 0.123. The van der Waals surface area contributed by atoms with Crippen molar-refractivity contribution in [2.24, 2.45) is 5.92 Å². The Morgan fingerprint density at radius 3 is 2.02 bits per heavy atom. The number of nitrogens with one attached hydrogen (secondary N) is 2. The second-order valence-corrected chi connectivity index (χ2v) is 14.2. The van der Waals surface area contributed by atoms with Gasteiger partial charge in [-0.05, 0) is 64.5 Å². The van der Waals surface area contributed by atoms with Crippen molar-refractivity contribution in [2.45, 2.75) is 70.2 Å². The molecular formula is C38H44N4O4S.